The molecule has 0 bridgehead atoms. The molecule has 1 fully saturated rings. The summed E-state index contributed by atoms with van der Waals surface area (Å²) in [6.07, 6.45) is 1.98. The number of rotatable bonds is 5. The Morgan fingerprint density at radius 3 is 2.90 bits per heavy atom. The number of morpholine rings is 1. The lowest BCUT2D eigenvalue weighted by Gasteiger charge is -2.27. The minimum Gasteiger partial charge on any atom is -0.378 e. The van der Waals surface area contributed by atoms with Gasteiger partial charge >= 0.3 is 0 Å². The average Bonchev–Trinajstić information content (AvgIpc) is 2.47. The third-order valence-electron chi connectivity index (χ3n) is 3.07. The number of amides is 1. The molecule has 0 atom stereocenters. The van der Waals surface area contributed by atoms with Gasteiger partial charge in [-0.1, -0.05) is 13.3 Å². The van der Waals surface area contributed by atoms with Gasteiger partial charge in [-0.2, -0.15) is 0 Å². The molecule has 7 heteroatoms. The number of carbonyl (C=O) groups is 1. The number of aromatic nitrogens is 2. The van der Waals surface area contributed by atoms with E-state index in [0.717, 1.165) is 25.9 Å². The Hall–Kier alpha value is -1.40. The lowest BCUT2D eigenvalue weighted by atomic mass is 10.3. The Morgan fingerprint density at radius 2 is 2.20 bits per heavy atom. The topological polar surface area (TPSA) is 67.4 Å². The number of unbranched alkanes of at least 4 members (excludes halogenated alkanes) is 1. The van der Waals surface area contributed by atoms with E-state index < -0.39 is 0 Å². The van der Waals surface area contributed by atoms with Crippen molar-refractivity contribution in [3.8, 4) is 0 Å². The Balaban J connectivity index is 2.09. The second-order valence-corrected chi connectivity index (χ2v) is 4.93. The molecule has 0 spiro atoms. The van der Waals surface area contributed by atoms with E-state index in [1.54, 1.807) is 6.07 Å². The normalized spacial score (nSPS) is 15.2. The highest BCUT2D eigenvalue weighted by atomic mass is 35.5. The third kappa shape index (κ3) is 4.05. The van der Waals surface area contributed by atoms with E-state index in [9.17, 15) is 4.79 Å². The van der Waals surface area contributed by atoms with Crippen LogP contribution >= 0.6 is 11.6 Å². The van der Waals surface area contributed by atoms with Crippen LogP contribution in [0.1, 0.15) is 30.3 Å². The first-order valence-corrected chi connectivity index (χ1v) is 7.24. The van der Waals surface area contributed by atoms with Gasteiger partial charge < -0.3 is 15.0 Å². The quantitative estimate of drug-likeness (QED) is 0.659. The van der Waals surface area contributed by atoms with Crippen LogP contribution < -0.4 is 10.2 Å². The first-order chi connectivity index (χ1) is 9.70. The van der Waals surface area contributed by atoms with Crippen LogP contribution in [0.15, 0.2) is 6.07 Å². The van der Waals surface area contributed by atoms with Crippen molar-refractivity contribution >= 4 is 23.3 Å². The molecule has 6 nitrogen and oxygen atoms in total. The average molecular weight is 299 g/mol. The fourth-order valence-corrected chi connectivity index (χ4v) is 2.12. The molecule has 1 amide bonds. The number of nitrogens with zero attached hydrogens (tertiary/aromatic N) is 3. The van der Waals surface area contributed by atoms with Crippen molar-refractivity contribution in [1.82, 2.24) is 15.3 Å². The van der Waals surface area contributed by atoms with E-state index in [0.29, 0.717) is 31.3 Å². The highest BCUT2D eigenvalue weighted by molar-refractivity contribution is 6.28. The maximum atomic E-state index is 12.0. The molecule has 1 aliphatic heterocycles. The summed E-state index contributed by atoms with van der Waals surface area (Å²) in [4.78, 5) is 22.2. The Morgan fingerprint density at radius 1 is 1.45 bits per heavy atom. The Bertz CT molecular complexity index is 464. The van der Waals surface area contributed by atoms with Crippen molar-refractivity contribution in [3.63, 3.8) is 0 Å². The van der Waals surface area contributed by atoms with Crippen molar-refractivity contribution in [1.29, 1.82) is 0 Å². The zero-order valence-electron chi connectivity index (χ0n) is 11.6. The second-order valence-electron chi connectivity index (χ2n) is 4.59. The number of halogens is 1. The highest BCUT2D eigenvalue weighted by Gasteiger charge is 2.17. The van der Waals surface area contributed by atoms with Gasteiger partial charge in [0.2, 0.25) is 5.28 Å². The molecule has 110 valence electrons. The van der Waals surface area contributed by atoms with Gasteiger partial charge in [0.15, 0.2) is 0 Å². The van der Waals surface area contributed by atoms with Crippen molar-refractivity contribution in [2.75, 3.05) is 37.7 Å². The predicted molar refractivity (Wildman–Crippen MR) is 77.3 cm³/mol. The number of ether oxygens (including phenoxy) is 1. The van der Waals surface area contributed by atoms with Crippen LogP contribution in [-0.4, -0.2) is 48.7 Å². The smallest absolute Gasteiger partial charge is 0.270 e. The maximum absolute atomic E-state index is 12.0. The molecule has 0 aliphatic carbocycles. The van der Waals surface area contributed by atoms with Crippen LogP contribution in [0.25, 0.3) is 0 Å². The predicted octanol–water partition coefficient (Wildman–Crippen LogP) is 1.50. The van der Waals surface area contributed by atoms with E-state index in [4.69, 9.17) is 16.3 Å². The van der Waals surface area contributed by atoms with Crippen molar-refractivity contribution in [2.45, 2.75) is 19.8 Å². The molecule has 0 radical (unpaired) electrons. The van der Waals surface area contributed by atoms with Crippen molar-refractivity contribution in [2.24, 2.45) is 0 Å². The second kappa shape index (κ2) is 7.40. The van der Waals surface area contributed by atoms with Crippen LogP contribution in [0.2, 0.25) is 5.28 Å². The van der Waals surface area contributed by atoms with E-state index in [2.05, 4.69) is 22.2 Å². The number of anilines is 1. The van der Waals surface area contributed by atoms with Gasteiger partial charge in [-0.05, 0) is 18.0 Å². The molecule has 2 heterocycles. The van der Waals surface area contributed by atoms with Crippen molar-refractivity contribution in [3.05, 3.63) is 17.0 Å². The standard InChI is InChI=1S/C13H19ClN4O2/c1-2-3-4-15-12(19)10-9-11(17-13(14)16-10)18-5-7-20-8-6-18/h9H,2-8H2,1H3,(H,15,19). The number of nitrogens with one attached hydrogen (secondary N) is 1. The number of hydrogen-bond acceptors (Lipinski definition) is 5. The monoisotopic (exact) mass is 298 g/mol. The summed E-state index contributed by atoms with van der Waals surface area (Å²) >= 11 is 5.91. The number of hydrogen-bond donors (Lipinski definition) is 1. The molecule has 1 N–H and O–H groups in total. The molecule has 0 saturated carbocycles. The zero-order valence-corrected chi connectivity index (χ0v) is 12.3. The van der Waals surface area contributed by atoms with Gasteiger partial charge in [-0.3, -0.25) is 4.79 Å². The molecule has 1 saturated heterocycles. The Labute approximate surface area is 123 Å². The summed E-state index contributed by atoms with van der Waals surface area (Å²) in [6, 6.07) is 1.68. The first-order valence-electron chi connectivity index (χ1n) is 6.86. The summed E-state index contributed by atoms with van der Waals surface area (Å²) in [5.74, 6) is 0.464. The van der Waals surface area contributed by atoms with Crippen LogP contribution in [0.3, 0.4) is 0 Å². The third-order valence-corrected chi connectivity index (χ3v) is 3.24. The fraction of sp³-hybridized carbons (Fsp3) is 0.615. The largest absolute Gasteiger partial charge is 0.378 e. The van der Waals surface area contributed by atoms with Crippen LogP contribution in [0.4, 0.5) is 5.82 Å². The maximum Gasteiger partial charge on any atom is 0.270 e. The summed E-state index contributed by atoms with van der Waals surface area (Å²) in [7, 11) is 0. The molecule has 1 aliphatic rings. The van der Waals surface area contributed by atoms with Gasteiger partial charge in [-0.25, -0.2) is 9.97 Å². The molecule has 1 aromatic heterocycles. The molecule has 0 aromatic carbocycles. The minimum absolute atomic E-state index is 0.0923. The van der Waals surface area contributed by atoms with E-state index in [1.165, 1.54) is 0 Å². The van der Waals surface area contributed by atoms with E-state index in [-0.39, 0.29) is 11.2 Å². The van der Waals surface area contributed by atoms with Crippen LogP contribution in [0, 0.1) is 0 Å². The van der Waals surface area contributed by atoms with E-state index >= 15 is 0 Å². The summed E-state index contributed by atoms with van der Waals surface area (Å²) in [6.45, 7) is 5.50. The van der Waals surface area contributed by atoms with Crippen LogP contribution in [0.5, 0.6) is 0 Å². The highest BCUT2D eigenvalue weighted by Crippen LogP contribution is 2.16. The minimum atomic E-state index is -0.211. The van der Waals surface area contributed by atoms with Gasteiger partial charge in [0, 0.05) is 25.7 Å². The van der Waals surface area contributed by atoms with Gasteiger partial charge in [0.1, 0.15) is 11.5 Å². The fourth-order valence-electron chi connectivity index (χ4n) is 1.95. The first kappa shape index (κ1) is 15.0. The lowest BCUT2D eigenvalue weighted by Crippen LogP contribution is -2.37. The summed E-state index contributed by atoms with van der Waals surface area (Å²) < 4.78 is 5.30. The van der Waals surface area contributed by atoms with Crippen LogP contribution in [-0.2, 0) is 4.74 Å². The summed E-state index contributed by atoms with van der Waals surface area (Å²) in [5, 5.41) is 2.92. The Kier molecular flexibility index (Phi) is 5.55. The van der Waals surface area contributed by atoms with E-state index in [1.807, 2.05) is 4.90 Å². The summed E-state index contributed by atoms with van der Waals surface area (Å²) in [5.41, 5.74) is 0.308. The molecule has 20 heavy (non-hydrogen) atoms. The van der Waals surface area contributed by atoms with Gasteiger partial charge in [0.25, 0.3) is 5.91 Å². The molecule has 0 unspecified atom stereocenters. The van der Waals surface area contributed by atoms with Gasteiger partial charge in [0.05, 0.1) is 13.2 Å². The molecular weight excluding hydrogens is 280 g/mol. The number of carbonyl (C=O) groups excluding carboxylic acids is 1. The van der Waals surface area contributed by atoms with Crippen molar-refractivity contribution < 1.29 is 9.53 Å². The zero-order chi connectivity index (χ0) is 14.4. The van der Waals surface area contributed by atoms with Gasteiger partial charge in [-0.15, -0.1) is 0 Å². The molecule has 2 rings (SSSR count). The SMILES string of the molecule is CCCCNC(=O)c1cc(N2CCOCC2)nc(Cl)n1. The molecule has 1 aromatic rings. The lowest BCUT2D eigenvalue weighted by molar-refractivity contribution is 0.0948. The molecular formula is C13H19ClN4O2.